The number of fused-ring (bicyclic) bond motifs is 4. The predicted octanol–water partition coefficient (Wildman–Crippen LogP) is 2.55. The Bertz CT molecular complexity index is 1360. The van der Waals surface area contributed by atoms with Crippen molar-refractivity contribution in [2.45, 2.75) is 29.6 Å². The molecule has 0 radical (unpaired) electrons. The van der Waals surface area contributed by atoms with Crippen LogP contribution in [0, 0.1) is 0 Å². The van der Waals surface area contributed by atoms with E-state index in [4.69, 9.17) is 0 Å². The first-order valence-corrected chi connectivity index (χ1v) is 13.4. The van der Waals surface area contributed by atoms with Gasteiger partial charge in [0.15, 0.2) is 0 Å². The number of hydrogen-bond donors (Lipinski definition) is 0. The molecule has 0 aliphatic carbocycles. The zero-order valence-corrected chi connectivity index (χ0v) is 17.6. The number of hydrogen-bond acceptors (Lipinski definition) is 6. The minimum atomic E-state index is -4.78. The van der Waals surface area contributed by atoms with Gasteiger partial charge in [-0.2, -0.15) is 0 Å². The summed E-state index contributed by atoms with van der Waals surface area (Å²) in [7, 11) is -3.87. The van der Waals surface area contributed by atoms with Crippen LogP contribution < -0.4 is 13.8 Å². The summed E-state index contributed by atoms with van der Waals surface area (Å²) in [5.41, 5.74) is 1.62. The van der Waals surface area contributed by atoms with Crippen molar-refractivity contribution >= 4 is 48.7 Å². The molecule has 6 nitrogen and oxygen atoms in total. The molecule has 1 aromatic heterocycles. The third-order valence-electron chi connectivity index (χ3n) is 5.20. The van der Waals surface area contributed by atoms with Crippen molar-refractivity contribution in [1.82, 2.24) is 4.98 Å². The van der Waals surface area contributed by atoms with E-state index in [-0.39, 0.29) is 36.1 Å². The average Bonchev–Trinajstić information content (AvgIpc) is 2.67. The van der Waals surface area contributed by atoms with Gasteiger partial charge in [0.05, 0.1) is 0 Å². The molecule has 0 saturated carbocycles. The number of aromatic nitrogens is 1. The third-order valence-corrected chi connectivity index (χ3v) is 10.8. The van der Waals surface area contributed by atoms with Crippen LogP contribution in [-0.2, 0) is 17.5 Å². The van der Waals surface area contributed by atoms with Crippen molar-refractivity contribution in [2.24, 2.45) is 0 Å². The zero-order chi connectivity index (χ0) is 19.8. The van der Waals surface area contributed by atoms with Crippen LogP contribution in [0.15, 0.2) is 64.5 Å². The maximum atomic E-state index is 13.4. The fraction of sp³-hybridized carbons (Fsp3) is 0.150. The fourth-order valence-electron chi connectivity index (χ4n) is 3.79. The van der Waals surface area contributed by atoms with Crippen LogP contribution in [0.3, 0.4) is 0 Å². The number of rotatable bonds is 1. The van der Waals surface area contributed by atoms with Crippen LogP contribution in [0.25, 0.3) is 0 Å². The first-order chi connectivity index (χ1) is 13.2. The second kappa shape index (κ2) is 5.50. The number of benzene rings is 2. The Hall–Kier alpha value is -2.54. The van der Waals surface area contributed by atoms with Gasteiger partial charge in [0.2, 0.25) is 0 Å². The van der Waals surface area contributed by atoms with E-state index in [1.54, 1.807) is 17.0 Å². The third kappa shape index (κ3) is 2.08. The van der Waals surface area contributed by atoms with Crippen molar-refractivity contribution in [1.29, 1.82) is 0 Å². The monoisotopic (exact) mass is 460 g/mol. The molecular formula is C20H16N2O4SSe. The summed E-state index contributed by atoms with van der Waals surface area (Å²) in [6.07, 6.45) is 1.52. The topological polar surface area (TPSA) is 84.4 Å². The molecule has 28 heavy (non-hydrogen) atoms. The summed E-state index contributed by atoms with van der Waals surface area (Å²) in [6.45, 7) is 4.05. The summed E-state index contributed by atoms with van der Waals surface area (Å²) in [6, 6.07) is 12.8. The van der Waals surface area contributed by atoms with Gasteiger partial charge in [-0.3, -0.25) is 0 Å². The van der Waals surface area contributed by atoms with E-state index in [9.17, 15) is 16.1 Å². The molecule has 3 aromatic rings. The molecule has 142 valence electrons. The number of para-hydroxylation sites is 1. The van der Waals surface area contributed by atoms with Gasteiger partial charge in [-0.25, -0.2) is 0 Å². The molecule has 0 amide bonds. The molecule has 2 aliphatic rings. The SMILES string of the molecule is CC(C)c1ccc2c(c1)N1c3ncccc3S(=O)(=O)c3cccc(c31)[Se]2(=O)=O. The van der Waals surface area contributed by atoms with E-state index in [1.165, 1.54) is 30.5 Å². The Kier molecular flexibility index (Phi) is 3.45. The van der Waals surface area contributed by atoms with Crippen molar-refractivity contribution in [3.05, 3.63) is 60.3 Å². The van der Waals surface area contributed by atoms with Crippen LogP contribution in [0.2, 0.25) is 0 Å². The second-order valence-electron chi connectivity index (χ2n) is 7.15. The number of anilines is 3. The van der Waals surface area contributed by atoms with Crippen LogP contribution >= 0.6 is 0 Å². The molecule has 0 atom stereocenters. The Morgan fingerprint density at radius 1 is 0.964 bits per heavy atom. The first kappa shape index (κ1) is 17.6. The van der Waals surface area contributed by atoms with Gasteiger partial charge in [-0.15, -0.1) is 0 Å². The Morgan fingerprint density at radius 3 is 2.46 bits per heavy atom. The van der Waals surface area contributed by atoms with E-state index in [2.05, 4.69) is 4.98 Å². The van der Waals surface area contributed by atoms with Crippen LogP contribution in [-0.4, -0.2) is 26.1 Å². The molecular weight excluding hydrogens is 443 g/mol. The first-order valence-electron chi connectivity index (χ1n) is 8.77. The number of pyridine rings is 1. The normalized spacial score (nSPS) is 17.6. The van der Waals surface area contributed by atoms with Crippen LogP contribution in [0.4, 0.5) is 17.2 Å². The summed E-state index contributed by atoms with van der Waals surface area (Å²) >= 11 is -4.78. The van der Waals surface area contributed by atoms with Gasteiger partial charge >= 0.3 is 164 Å². The molecule has 0 N–H and O–H groups in total. The molecule has 0 spiro atoms. The molecule has 5 rings (SSSR count). The van der Waals surface area contributed by atoms with Crippen LogP contribution in [0.1, 0.15) is 25.3 Å². The van der Waals surface area contributed by atoms with E-state index in [0.717, 1.165) is 5.56 Å². The minimum absolute atomic E-state index is 0.000590. The maximum absolute atomic E-state index is 13.4. The number of nitrogens with zero attached hydrogens (tertiary/aromatic N) is 2. The quantitative estimate of drug-likeness (QED) is 0.359. The molecule has 0 fully saturated rings. The molecule has 2 aromatic carbocycles. The van der Waals surface area contributed by atoms with Crippen molar-refractivity contribution in [3.8, 4) is 0 Å². The van der Waals surface area contributed by atoms with E-state index in [0.29, 0.717) is 5.69 Å². The molecule has 2 aliphatic heterocycles. The van der Waals surface area contributed by atoms with Gasteiger partial charge in [0.25, 0.3) is 0 Å². The predicted molar refractivity (Wildman–Crippen MR) is 105 cm³/mol. The van der Waals surface area contributed by atoms with Crippen LogP contribution in [0.5, 0.6) is 0 Å². The molecule has 0 unspecified atom stereocenters. The van der Waals surface area contributed by atoms with E-state index in [1.807, 2.05) is 26.0 Å². The molecule has 3 heterocycles. The van der Waals surface area contributed by atoms with Crippen molar-refractivity contribution in [3.63, 3.8) is 0 Å². The van der Waals surface area contributed by atoms with Gasteiger partial charge in [-0.05, 0) is 0 Å². The van der Waals surface area contributed by atoms with Gasteiger partial charge in [-0.1, -0.05) is 0 Å². The van der Waals surface area contributed by atoms with Gasteiger partial charge in [0, 0.05) is 0 Å². The van der Waals surface area contributed by atoms with Gasteiger partial charge in [0.1, 0.15) is 0 Å². The Labute approximate surface area is 164 Å². The van der Waals surface area contributed by atoms with Crippen molar-refractivity contribution < 1.29 is 16.1 Å². The Balaban J connectivity index is 1.99. The summed E-state index contributed by atoms with van der Waals surface area (Å²) < 4.78 is 53.4. The van der Waals surface area contributed by atoms with E-state index < -0.39 is 22.5 Å². The summed E-state index contributed by atoms with van der Waals surface area (Å²) in [5, 5.41) is 0. The molecule has 8 heteroatoms. The Morgan fingerprint density at radius 2 is 1.71 bits per heavy atom. The zero-order valence-electron chi connectivity index (χ0n) is 15.1. The standard InChI is InChI=1S/C20H16N2O4SSe/c1-12(2)13-8-9-17-14(11-13)22-19-15(5-3-7-18(19)28(17,25)26)27(23,24)16-6-4-10-21-20(16)22/h3-12H,1-2H3. The molecule has 0 saturated heterocycles. The average molecular weight is 459 g/mol. The second-order valence-corrected chi connectivity index (χ2v) is 13.0. The van der Waals surface area contributed by atoms with Gasteiger partial charge < -0.3 is 0 Å². The van der Waals surface area contributed by atoms with E-state index >= 15 is 0 Å². The number of sulfone groups is 1. The fourth-order valence-corrected chi connectivity index (χ4v) is 8.93. The summed E-state index contributed by atoms with van der Waals surface area (Å²) in [4.78, 5) is 6.09. The molecule has 0 bridgehead atoms. The van der Waals surface area contributed by atoms with Crippen molar-refractivity contribution in [2.75, 3.05) is 4.90 Å². The summed E-state index contributed by atoms with van der Waals surface area (Å²) in [5.74, 6) is 0.423.